The van der Waals surface area contributed by atoms with Gasteiger partial charge in [0.25, 0.3) is 0 Å². The van der Waals surface area contributed by atoms with Crippen molar-refractivity contribution < 1.29 is 18.3 Å². The number of hydrogen-bond donors (Lipinski definition) is 3. The van der Waals surface area contributed by atoms with Crippen LogP contribution in [0, 0.1) is 0 Å². The molecule has 0 spiro atoms. The van der Waals surface area contributed by atoms with Crippen molar-refractivity contribution in [2.75, 3.05) is 18.5 Å². The van der Waals surface area contributed by atoms with Gasteiger partial charge in [-0.2, -0.15) is 4.98 Å². The van der Waals surface area contributed by atoms with Gasteiger partial charge in [-0.3, -0.25) is 10.1 Å². The van der Waals surface area contributed by atoms with Crippen molar-refractivity contribution in [2.45, 2.75) is 26.2 Å². The second-order valence-corrected chi connectivity index (χ2v) is 7.94. The zero-order valence-electron chi connectivity index (χ0n) is 14.8. The maximum Gasteiger partial charge on any atom is 0.249 e. The van der Waals surface area contributed by atoms with Crippen molar-refractivity contribution in [3.8, 4) is 0 Å². The molecule has 2 heterocycles. The van der Waals surface area contributed by atoms with E-state index in [1.165, 1.54) is 11.4 Å². The minimum absolute atomic E-state index is 0.0644. The van der Waals surface area contributed by atoms with Crippen LogP contribution in [0.25, 0.3) is 11.2 Å². The smallest absolute Gasteiger partial charge is 0.249 e. The van der Waals surface area contributed by atoms with Gasteiger partial charge in [0, 0.05) is 26.3 Å². The number of aromatic nitrogens is 3. The molecule has 1 aliphatic carbocycles. The highest BCUT2D eigenvalue weighted by molar-refractivity contribution is 7.93. The molecule has 0 atom stereocenters. The summed E-state index contributed by atoms with van der Waals surface area (Å²) in [6, 6.07) is 3.59. The van der Waals surface area contributed by atoms with Gasteiger partial charge in [0.1, 0.15) is 0 Å². The third-order valence-electron chi connectivity index (χ3n) is 4.00. The molecule has 0 saturated heterocycles. The maximum atomic E-state index is 12.4. The largest absolute Gasteiger partial charge is 0.396 e. The Kier molecular flexibility index (Phi) is 5.68. The van der Waals surface area contributed by atoms with E-state index in [1.807, 2.05) is 12.1 Å². The van der Waals surface area contributed by atoms with E-state index in [9.17, 15) is 13.2 Å². The number of sulfonamides is 1. The van der Waals surface area contributed by atoms with Crippen LogP contribution in [-0.4, -0.2) is 47.2 Å². The van der Waals surface area contributed by atoms with Crippen molar-refractivity contribution in [1.29, 1.82) is 0 Å². The number of aliphatic hydroxyl groups excluding tert-OH is 1. The zero-order chi connectivity index (χ0) is 19.4. The number of carbonyl (C=O) groups excluding carboxylic acids is 1. The minimum atomic E-state index is -3.57. The summed E-state index contributed by atoms with van der Waals surface area (Å²) in [6.45, 7) is 1.52. The van der Waals surface area contributed by atoms with Crippen molar-refractivity contribution in [3.05, 3.63) is 41.0 Å². The molecule has 3 N–H and O–H groups in total. The monoisotopic (exact) mass is 391 g/mol. The van der Waals surface area contributed by atoms with E-state index in [2.05, 4.69) is 20.1 Å². The number of nitrogens with zero attached hydrogens (tertiary/aromatic N) is 3. The summed E-state index contributed by atoms with van der Waals surface area (Å²) in [5.41, 5.74) is 2.15. The Morgan fingerprint density at radius 2 is 2.19 bits per heavy atom. The molecule has 1 amide bonds. The molecule has 144 valence electrons. The summed E-state index contributed by atoms with van der Waals surface area (Å²) in [5.74, 6) is -0.0447. The van der Waals surface area contributed by atoms with Crippen LogP contribution >= 0.6 is 0 Å². The highest BCUT2D eigenvalue weighted by Crippen LogP contribution is 2.28. The molecule has 2 aromatic rings. The first-order valence-electron chi connectivity index (χ1n) is 8.55. The molecule has 0 saturated carbocycles. The summed E-state index contributed by atoms with van der Waals surface area (Å²) < 4.78 is 28.8. The molecule has 0 unspecified atom stereocenters. The number of rotatable bonds is 7. The number of aliphatic hydroxyl groups is 1. The summed E-state index contributed by atoms with van der Waals surface area (Å²) in [6.07, 6.45) is 6.77. The number of allylic oxidation sites excluding steroid dienone is 4. The fourth-order valence-electron chi connectivity index (χ4n) is 2.73. The van der Waals surface area contributed by atoms with Gasteiger partial charge in [0.05, 0.1) is 4.91 Å². The molecule has 0 bridgehead atoms. The zero-order valence-corrected chi connectivity index (χ0v) is 15.7. The predicted octanol–water partition coefficient (Wildman–Crippen LogP) is 1.05. The fourth-order valence-corrected chi connectivity index (χ4v) is 4.00. The lowest BCUT2D eigenvalue weighted by molar-refractivity contribution is -0.114. The molecular weight excluding hydrogens is 370 g/mol. The highest BCUT2D eigenvalue weighted by atomic mass is 32.2. The second-order valence-electron chi connectivity index (χ2n) is 6.12. The Hall–Kier alpha value is -2.56. The minimum Gasteiger partial charge on any atom is -0.396 e. The van der Waals surface area contributed by atoms with Gasteiger partial charge < -0.3 is 5.11 Å². The summed E-state index contributed by atoms with van der Waals surface area (Å²) in [5, 5.41) is 15.5. The Balaban J connectivity index is 1.86. The van der Waals surface area contributed by atoms with Gasteiger partial charge in [-0.15, -0.1) is 5.10 Å². The molecule has 0 aliphatic heterocycles. The number of hydrogen-bond acceptors (Lipinski definition) is 6. The first-order valence-corrected chi connectivity index (χ1v) is 10.0. The first-order chi connectivity index (χ1) is 12.9. The van der Waals surface area contributed by atoms with Crippen LogP contribution in [0.2, 0.25) is 0 Å². The van der Waals surface area contributed by atoms with E-state index < -0.39 is 10.0 Å². The lowest BCUT2D eigenvalue weighted by atomic mass is 10.0. The number of amides is 1. The average Bonchev–Trinajstić information content (AvgIpc) is 3.02. The van der Waals surface area contributed by atoms with Crippen molar-refractivity contribution in [2.24, 2.45) is 0 Å². The first kappa shape index (κ1) is 19.2. The van der Waals surface area contributed by atoms with E-state index in [4.69, 9.17) is 5.11 Å². The highest BCUT2D eigenvalue weighted by Gasteiger charge is 2.20. The van der Waals surface area contributed by atoms with Crippen LogP contribution in [0.5, 0.6) is 0 Å². The standard InChI is InChI=1S/C17H21N5O4S/c1-12(24)19-17-20-16-7-6-14(11-22(16)21-17)13-4-2-5-15(10-13)27(25,26)18-8-3-9-23/h4,6-7,10-11,18,23H,2-3,5,8-9H2,1H3,(H,19,21,24). The lowest BCUT2D eigenvalue weighted by Gasteiger charge is -2.15. The summed E-state index contributed by atoms with van der Waals surface area (Å²) in [7, 11) is -3.57. The number of anilines is 1. The summed E-state index contributed by atoms with van der Waals surface area (Å²) >= 11 is 0. The van der Waals surface area contributed by atoms with Gasteiger partial charge in [-0.1, -0.05) is 6.08 Å². The molecule has 27 heavy (non-hydrogen) atoms. The van der Waals surface area contributed by atoms with E-state index >= 15 is 0 Å². The third kappa shape index (κ3) is 4.59. The van der Waals surface area contributed by atoms with Crippen molar-refractivity contribution >= 4 is 33.1 Å². The number of carbonyl (C=O) groups is 1. The number of pyridine rings is 1. The normalized spacial score (nSPS) is 14.7. The van der Waals surface area contributed by atoms with Crippen LogP contribution < -0.4 is 10.0 Å². The van der Waals surface area contributed by atoms with E-state index in [0.29, 0.717) is 29.8 Å². The number of fused-ring (bicyclic) bond motifs is 1. The lowest BCUT2D eigenvalue weighted by Crippen LogP contribution is -2.27. The third-order valence-corrected chi connectivity index (χ3v) is 5.59. The van der Waals surface area contributed by atoms with Gasteiger partial charge in [0.15, 0.2) is 5.65 Å². The summed E-state index contributed by atoms with van der Waals surface area (Å²) in [4.78, 5) is 15.6. The van der Waals surface area contributed by atoms with Gasteiger partial charge >= 0.3 is 0 Å². The maximum absolute atomic E-state index is 12.4. The van der Waals surface area contributed by atoms with Crippen LogP contribution in [0.3, 0.4) is 0 Å². The molecule has 1 aliphatic rings. The Morgan fingerprint density at radius 1 is 1.37 bits per heavy atom. The molecule has 9 nitrogen and oxygen atoms in total. The Morgan fingerprint density at radius 3 is 2.93 bits per heavy atom. The molecule has 0 radical (unpaired) electrons. The molecular formula is C17H21N5O4S. The molecule has 2 aromatic heterocycles. The molecule has 0 fully saturated rings. The van der Waals surface area contributed by atoms with E-state index in [0.717, 1.165) is 11.1 Å². The van der Waals surface area contributed by atoms with Crippen LogP contribution in [0.4, 0.5) is 5.95 Å². The Labute approximate surface area is 156 Å². The van der Waals surface area contributed by atoms with Crippen molar-refractivity contribution in [3.63, 3.8) is 0 Å². The molecule has 0 aromatic carbocycles. The van der Waals surface area contributed by atoms with E-state index in [-0.39, 0.29) is 25.0 Å². The van der Waals surface area contributed by atoms with E-state index in [1.54, 1.807) is 18.3 Å². The van der Waals surface area contributed by atoms with Crippen LogP contribution in [0.15, 0.2) is 35.4 Å². The van der Waals surface area contributed by atoms with Gasteiger partial charge in [-0.05, 0) is 48.6 Å². The molecule has 10 heteroatoms. The molecule has 3 rings (SSSR count). The topological polar surface area (TPSA) is 126 Å². The average molecular weight is 391 g/mol. The van der Waals surface area contributed by atoms with Gasteiger partial charge in [-0.25, -0.2) is 17.7 Å². The fraction of sp³-hybridized carbons (Fsp3) is 0.353. The quantitative estimate of drug-likeness (QED) is 0.606. The second kappa shape index (κ2) is 7.99. The van der Waals surface area contributed by atoms with Crippen LogP contribution in [-0.2, 0) is 14.8 Å². The van der Waals surface area contributed by atoms with Crippen LogP contribution in [0.1, 0.15) is 31.7 Å². The predicted molar refractivity (Wildman–Crippen MR) is 101 cm³/mol. The van der Waals surface area contributed by atoms with Gasteiger partial charge in [0.2, 0.25) is 21.9 Å². The Bertz CT molecular complexity index is 1020. The van der Waals surface area contributed by atoms with Crippen molar-refractivity contribution in [1.82, 2.24) is 19.3 Å². The SMILES string of the molecule is CC(=O)Nc1nc2ccc(C3=CCCC(S(=O)(=O)NCCCO)=C3)cn2n1. The number of nitrogens with one attached hydrogen (secondary N) is 2.